The Morgan fingerprint density at radius 1 is 0.947 bits per heavy atom. The van der Waals surface area contributed by atoms with Gasteiger partial charge in [0.2, 0.25) is 0 Å². The van der Waals surface area contributed by atoms with Gasteiger partial charge in [-0.05, 0) is 30.3 Å². The molecule has 0 unspecified atom stereocenters. The van der Waals surface area contributed by atoms with Crippen molar-refractivity contribution in [3.05, 3.63) is 53.1 Å². The van der Waals surface area contributed by atoms with Crippen LogP contribution in [-0.2, 0) is 6.18 Å². The van der Waals surface area contributed by atoms with E-state index >= 15 is 0 Å². The zero-order valence-electron chi connectivity index (χ0n) is 9.50. The minimum absolute atomic E-state index is 0.449. The van der Waals surface area contributed by atoms with E-state index in [1.807, 2.05) is 0 Å². The Morgan fingerprint density at radius 3 is 2.47 bits per heavy atom. The van der Waals surface area contributed by atoms with Crippen molar-refractivity contribution in [2.45, 2.75) is 6.18 Å². The molecule has 0 amide bonds. The summed E-state index contributed by atoms with van der Waals surface area (Å²) in [6.45, 7) is 0. The number of aromatic nitrogens is 1. The Labute approximate surface area is 111 Å². The van der Waals surface area contributed by atoms with Crippen LogP contribution in [0.1, 0.15) is 5.56 Å². The third-order valence-corrected chi connectivity index (χ3v) is 3.22. The summed E-state index contributed by atoms with van der Waals surface area (Å²) in [5.74, 6) is 0. The molecule has 0 radical (unpaired) electrons. The molecule has 0 bridgehead atoms. The summed E-state index contributed by atoms with van der Waals surface area (Å²) in [5, 5.41) is 1.66. The highest BCUT2D eigenvalue weighted by molar-refractivity contribution is 6.35. The van der Waals surface area contributed by atoms with E-state index in [0.29, 0.717) is 21.4 Å². The molecule has 0 fully saturated rings. The smallest absolute Gasteiger partial charge is 0.246 e. The van der Waals surface area contributed by atoms with Crippen molar-refractivity contribution in [1.29, 1.82) is 0 Å². The average molecular weight is 282 g/mol. The number of fused-ring (bicyclic) bond motifs is 2. The molecule has 1 heterocycles. The van der Waals surface area contributed by atoms with Crippen molar-refractivity contribution in [3.63, 3.8) is 0 Å². The van der Waals surface area contributed by atoms with Gasteiger partial charge in [0.05, 0.1) is 21.6 Å². The lowest BCUT2D eigenvalue weighted by Gasteiger charge is -2.08. The molecule has 0 spiro atoms. The van der Waals surface area contributed by atoms with Gasteiger partial charge in [0.15, 0.2) is 0 Å². The van der Waals surface area contributed by atoms with Crippen LogP contribution in [0.4, 0.5) is 13.2 Å². The lowest BCUT2D eigenvalue weighted by Crippen LogP contribution is -2.04. The fraction of sp³-hybridized carbons (Fsp3) is 0.0714. The van der Waals surface area contributed by atoms with E-state index in [0.717, 1.165) is 17.5 Å². The number of para-hydroxylation sites is 1. The van der Waals surface area contributed by atoms with Crippen LogP contribution in [0.2, 0.25) is 5.02 Å². The lowest BCUT2D eigenvalue weighted by atomic mass is 10.1. The minimum atomic E-state index is -4.35. The fourth-order valence-corrected chi connectivity index (χ4v) is 2.23. The molecule has 0 aliphatic rings. The zero-order valence-corrected chi connectivity index (χ0v) is 10.3. The fourth-order valence-electron chi connectivity index (χ4n) is 2.00. The minimum Gasteiger partial charge on any atom is -0.246 e. The number of pyridine rings is 1. The molecule has 0 saturated heterocycles. The topological polar surface area (TPSA) is 12.9 Å². The molecule has 5 heteroatoms. The summed E-state index contributed by atoms with van der Waals surface area (Å²) < 4.78 is 38.0. The number of nitrogens with zero attached hydrogens (tertiary/aromatic N) is 1. The van der Waals surface area contributed by atoms with Crippen LogP contribution in [0.25, 0.3) is 21.8 Å². The molecule has 1 nitrogen and oxygen atoms in total. The van der Waals surface area contributed by atoms with Gasteiger partial charge in [0.25, 0.3) is 0 Å². The molecule has 1 aromatic heterocycles. The van der Waals surface area contributed by atoms with Crippen molar-refractivity contribution in [3.8, 4) is 0 Å². The molecule has 0 atom stereocenters. The van der Waals surface area contributed by atoms with Crippen LogP contribution >= 0.6 is 11.6 Å². The molecule has 2 aromatic carbocycles. The molecule has 0 aliphatic heterocycles. The lowest BCUT2D eigenvalue weighted by molar-refractivity contribution is -0.137. The highest BCUT2D eigenvalue weighted by atomic mass is 35.5. The van der Waals surface area contributed by atoms with Gasteiger partial charge in [-0.3, -0.25) is 0 Å². The van der Waals surface area contributed by atoms with Gasteiger partial charge in [-0.1, -0.05) is 23.7 Å². The number of rotatable bonds is 0. The molecule has 0 saturated carbocycles. The number of hydrogen-bond donors (Lipinski definition) is 0. The van der Waals surface area contributed by atoms with Crippen LogP contribution in [0.3, 0.4) is 0 Å². The van der Waals surface area contributed by atoms with Gasteiger partial charge in [-0.15, -0.1) is 0 Å². The van der Waals surface area contributed by atoms with E-state index in [1.54, 1.807) is 24.3 Å². The van der Waals surface area contributed by atoms with Crippen molar-refractivity contribution in [2.24, 2.45) is 0 Å². The number of alkyl halides is 3. The second-order valence-electron chi connectivity index (χ2n) is 4.21. The van der Waals surface area contributed by atoms with Gasteiger partial charge in [-0.25, -0.2) is 4.98 Å². The van der Waals surface area contributed by atoms with Crippen LogP contribution in [0.15, 0.2) is 42.5 Å². The van der Waals surface area contributed by atoms with Gasteiger partial charge in [0, 0.05) is 10.8 Å². The third-order valence-electron chi connectivity index (χ3n) is 2.92. The van der Waals surface area contributed by atoms with Crippen molar-refractivity contribution < 1.29 is 13.2 Å². The number of halogens is 4. The van der Waals surface area contributed by atoms with Crippen molar-refractivity contribution >= 4 is 33.4 Å². The third kappa shape index (κ3) is 2.12. The van der Waals surface area contributed by atoms with Gasteiger partial charge >= 0.3 is 6.18 Å². The maximum atomic E-state index is 12.7. The predicted molar refractivity (Wildman–Crippen MR) is 69.3 cm³/mol. The van der Waals surface area contributed by atoms with E-state index in [1.165, 1.54) is 6.07 Å². The predicted octanol–water partition coefficient (Wildman–Crippen LogP) is 5.06. The first-order valence-corrected chi connectivity index (χ1v) is 5.89. The van der Waals surface area contributed by atoms with Crippen molar-refractivity contribution in [2.75, 3.05) is 0 Å². The quantitative estimate of drug-likeness (QED) is 0.525. The summed E-state index contributed by atoms with van der Waals surface area (Å²) in [5.41, 5.74) is 0.410. The molecule has 96 valence electrons. The van der Waals surface area contributed by atoms with E-state index in [-0.39, 0.29) is 0 Å². The molecular weight excluding hydrogens is 275 g/mol. The van der Waals surface area contributed by atoms with Gasteiger partial charge < -0.3 is 0 Å². The highest BCUT2D eigenvalue weighted by Crippen LogP contribution is 2.32. The molecule has 3 rings (SSSR count). The summed E-state index contributed by atoms with van der Waals surface area (Å²) in [6, 6.07) is 10.4. The van der Waals surface area contributed by atoms with Crippen LogP contribution in [-0.4, -0.2) is 4.98 Å². The molecule has 3 aromatic rings. The highest BCUT2D eigenvalue weighted by Gasteiger charge is 2.30. The first-order chi connectivity index (χ1) is 8.95. The Morgan fingerprint density at radius 2 is 1.74 bits per heavy atom. The molecule has 0 aliphatic carbocycles. The average Bonchev–Trinajstić information content (AvgIpc) is 2.35. The summed E-state index contributed by atoms with van der Waals surface area (Å²) in [4.78, 5) is 4.30. The Hall–Kier alpha value is -1.81. The maximum Gasteiger partial charge on any atom is 0.416 e. The first kappa shape index (κ1) is 12.2. The Balaban J connectivity index is 2.33. The van der Waals surface area contributed by atoms with Crippen LogP contribution < -0.4 is 0 Å². The SMILES string of the molecule is FC(F)(F)c1ccc2nc3c(Cl)cccc3cc2c1. The first-order valence-electron chi connectivity index (χ1n) is 5.51. The second-order valence-corrected chi connectivity index (χ2v) is 4.61. The molecule has 0 N–H and O–H groups in total. The van der Waals surface area contributed by atoms with Crippen molar-refractivity contribution in [1.82, 2.24) is 4.98 Å². The molecular formula is C14H7ClF3N. The van der Waals surface area contributed by atoms with Crippen LogP contribution in [0.5, 0.6) is 0 Å². The van der Waals surface area contributed by atoms with E-state index in [2.05, 4.69) is 4.98 Å². The Bertz CT molecular complexity index is 781. The molecule has 19 heavy (non-hydrogen) atoms. The van der Waals surface area contributed by atoms with Crippen LogP contribution in [0, 0.1) is 0 Å². The standard InChI is InChI=1S/C14H7ClF3N/c15-11-3-1-2-8-6-9-7-10(14(16,17)18)4-5-12(9)19-13(8)11/h1-7H. The van der Waals surface area contributed by atoms with E-state index in [4.69, 9.17) is 11.6 Å². The largest absolute Gasteiger partial charge is 0.416 e. The summed E-state index contributed by atoms with van der Waals surface area (Å²) in [6.07, 6.45) is -4.35. The summed E-state index contributed by atoms with van der Waals surface area (Å²) in [7, 11) is 0. The number of benzene rings is 2. The van der Waals surface area contributed by atoms with E-state index < -0.39 is 11.7 Å². The maximum absolute atomic E-state index is 12.7. The Kier molecular flexibility index (Phi) is 2.64. The number of hydrogen-bond acceptors (Lipinski definition) is 1. The van der Waals surface area contributed by atoms with E-state index in [9.17, 15) is 13.2 Å². The van der Waals surface area contributed by atoms with Gasteiger partial charge in [0.1, 0.15) is 0 Å². The summed E-state index contributed by atoms with van der Waals surface area (Å²) >= 11 is 6.02. The second kappa shape index (κ2) is 4.10. The normalized spacial score (nSPS) is 12.2. The monoisotopic (exact) mass is 281 g/mol. The van der Waals surface area contributed by atoms with Gasteiger partial charge in [-0.2, -0.15) is 13.2 Å². The zero-order chi connectivity index (χ0) is 13.6.